The molecule has 0 bridgehead atoms. The summed E-state index contributed by atoms with van der Waals surface area (Å²) < 4.78 is 0. The molecule has 1 aromatic heterocycles. The molecule has 0 radical (unpaired) electrons. The highest BCUT2D eigenvalue weighted by atomic mass is 16.3. The first kappa shape index (κ1) is 12.6. The van der Waals surface area contributed by atoms with Gasteiger partial charge in [0.25, 0.3) is 0 Å². The maximum Gasteiger partial charge on any atom is 0.222 e. The van der Waals surface area contributed by atoms with Crippen LogP contribution in [0.15, 0.2) is 30.5 Å². The maximum atomic E-state index is 11.8. The monoisotopic (exact) mass is 246 g/mol. The lowest BCUT2D eigenvalue weighted by molar-refractivity contribution is -0.130. The van der Waals surface area contributed by atoms with Gasteiger partial charge in [-0.3, -0.25) is 4.79 Å². The number of aromatic amines is 1. The number of benzene rings is 1. The Kier molecular flexibility index (Phi) is 3.99. The van der Waals surface area contributed by atoms with Gasteiger partial charge in [0.1, 0.15) is 0 Å². The van der Waals surface area contributed by atoms with E-state index in [1.165, 1.54) is 0 Å². The molecule has 0 spiro atoms. The molecule has 0 saturated carbocycles. The van der Waals surface area contributed by atoms with Crippen LogP contribution >= 0.6 is 0 Å². The SMILES string of the molecule is CN(Cc1c[nH]c2ccccc12)C(=O)CCCO. The number of para-hydroxylation sites is 1. The van der Waals surface area contributed by atoms with Crippen LogP contribution in [0.4, 0.5) is 0 Å². The molecule has 1 amide bonds. The first-order valence-corrected chi connectivity index (χ1v) is 6.12. The first-order valence-electron chi connectivity index (χ1n) is 6.12. The molecule has 96 valence electrons. The average molecular weight is 246 g/mol. The lowest BCUT2D eigenvalue weighted by atomic mass is 10.1. The molecule has 0 saturated heterocycles. The molecular weight excluding hydrogens is 228 g/mol. The van der Waals surface area contributed by atoms with Gasteiger partial charge in [-0.05, 0) is 18.1 Å². The molecule has 2 N–H and O–H groups in total. The molecule has 2 aromatic rings. The van der Waals surface area contributed by atoms with Crippen molar-refractivity contribution in [2.75, 3.05) is 13.7 Å². The summed E-state index contributed by atoms with van der Waals surface area (Å²) >= 11 is 0. The minimum atomic E-state index is 0.0622. The van der Waals surface area contributed by atoms with Gasteiger partial charge >= 0.3 is 0 Å². The van der Waals surface area contributed by atoms with Gasteiger partial charge in [-0.25, -0.2) is 0 Å². The van der Waals surface area contributed by atoms with E-state index in [2.05, 4.69) is 4.98 Å². The Hall–Kier alpha value is -1.81. The van der Waals surface area contributed by atoms with Gasteiger partial charge in [0.15, 0.2) is 0 Å². The third-order valence-corrected chi connectivity index (χ3v) is 3.06. The lowest BCUT2D eigenvalue weighted by Crippen LogP contribution is -2.25. The van der Waals surface area contributed by atoms with Gasteiger partial charge in [0.05, 0.1) is 0 Å². The van der Waals surface area contributed by atoms with E-state index in [1.807, 2.05) is 30.5 Å². The molecule has 0 aliphatic rings. The normalized spacial score (nSPS) is 10.8. The highest BCUT2D eigenvalue weighted by molar-refractivity contribution is 5.83. The zero-order valence-corrected chi connectivity index (χ0v) is 10.5. The Morgan fingerprint density at radius 2 is 2.17 bits per heavy atom. The Balaban J connectivity index is 2.07. The van der Waals surface area contributed by atoms with Crippen LogP contribution in [0.5, 0.6) is 0 Å². The largest absolute Gasteiger partial charge is 0.396 e. The van der Waals surface area contributed by atoms with Crippen molar-refractivity contribution in [1.29, 1.82) is 0 Å². The summed E-state index contributed by atoms with van der Waals surface area (Å²) in [6.45, 7) is 0.654. The molecule has 0 aliphatic carbocycles. The van der Waals surface area contributed by atoms with E-state index in [9.17, 15) is 4.79 Å². The highest BCUT2D eigenvalue weighted by Gasteiger charge is 2.11. The second-order valence-electron chi connectivity index (χ2n) is 4.44. The second-order valence-corrected chi connectivity index (χ2v) is 4.44. The fourth-order valence-electron chi connectivity index (χ4n) is 2.03. The lowest BCUT2D eigenvalue weighted by Gasteiger charge is -2.16. The molecule has 18 heavy (non-hydrogen) atoms. The zero-order chi connectivity index (χ0) is 13.0. The number of amides is 1. The summed E-state index contributed by atoms with van der Waals surface area (Å²) in [5.41, 5.74) is 2.20. The van der Waals surface area contributed by atoms with Crippen LogP contribution in [0.1, 0.15) is 18.4 Å². The van der Waals surface area contributed by atoms with Gasteiger partial charge in [0, 0.05) is 43.7 Å². The Labute approximate surface area is 106 Å². The summed E-state index contributed by atoms with van der Waals surface area (Å²) in [6.07, 6.45) is 2.87. The van der Waals surface area contributed by atoms with Gasteiger partial charge in [-0.2, -0.15) is 0 Å². The number of rotatable bonds is 5. The van der Waals surface area contributed by atoms with E-state index >= 15 is 0 Å². The molecule has 2 rings (SSSR count). The molecule has 0 unspecified atom stereocenters. The molecule has 1 aromatic carbocycles. The zero-order valence-electron chi connectivity index (χ0n) is 10.5. The van der Waals surface area contributed by atoms with Crippen LogP contribution < -0.4 is 0 Å². The number of nitrogens with one attached hydrogen (secondary N) is 1. The average Bonchev–Trinajstić information content (AvgIpc) is 2.79. The summed E-state index contributed by atoms with van der Waals surface area (Å²) in [5, 5.41) is 9.87. The van der Waals surface area contributed by atoms with Crippen molar-refractivity contribution in [2.24, 2.45) is 0 Å². The molecule has 1 heterocycles. The van der Waals surface area contributed by atoms with E-state index in [-0.39, 0.29) is 12.5 Å². The quantitative estimate of drug-likeness (QED) is 0.846. The van der Waals surface area contributed by atoms with E-state index < -0.39 is 0 Å². The van der Waals surface area contributed by atoms with Crippen LogP contribution in [-0.2, 0) is 11.3 Å². The molecule has 0 atom stereocenters. The number of aromatic nitrogens is 1. The first-order chi connectivity index (χ1) is 8.72. The summed E-state index contributed by atoms with van der Waals surface area (Å²) in [7, 11) is 1.79. The topological polar surface area (TPSA) is 56.3 Å². The number of carbonyl (C=O) groups is 1. The van der Waals surface area contributed by atoms with Crippen molar-refractivity contribution in [1.82, 2.24) is 9.88 Å². The number of carbonyl (C=O) groups excluding carboxylic acids is 1. The third kappa shape index (κ3) is 2.71. The number of nitrogens with zero attached hydrogens (tertiary/aromatic N) is 1. The van der Waals surface area contributed by atoms with Crippen molar-refractivity contribution < 1.29 is 9.90 Å². The molecule has 0 fully saturated rings. The molecule has 4 nitrogen and oxygen atoms in total. The van der Waals surface area contributed by atoms with Crippen molar-refractivity contribution in [3.05, 3.63) is 36.0 Å². The van der Waals surface area contributed by atoms with Crippen molar-refractivity contribution in [3.63, 3.8) is 0 Å². The van der Waals surface area contributed by atoms with Gasteiger partial charge < -0.3 is 15.0 Å². The number of aliphatic hydroxyl groups excluding tert-OH is 1. The number of hydrogen-bond acceptors (Lipinski definition) is 2. The number of aliphatic hydroxyl groups is 1. The van der Waals surface area contributed by atoms with Gasteiger partial charge in [0.2, 0.25) is 5.91 Å². The van der Waals surface area contributed by atoms with Crippen LogP contribution in [0.2, 0.25) is 0 Å². The highest BCUT2D eigenvalue weighted by Crippen LogP contribution is 2.19. The summed E-state index contributed by atoms with van der Waals surface area (Å²) in [5.74, 6) is 0.0642. The van der Waals surface area contributed by atoms with Crippen LogP contribution in [0.25, 0.3) is 10.9 Å². The van der Waals surface area contributed by atoms with E-state index in [4.69, 9.17) is 5.11 Å². The molecular formula is C14H18N2O2. The minimum absolute atomic E-state index is 0.0622. The summed E-state index contributed by atoms with van der Waals surface area (Å²) in [6, 6.07) is 8.05. The van der Waals surface area contributed by atoms with Crippen molar-refractivity contribution in [3.8, 4) is 0 Å². The maximum absolute atomic E-state index is 11.8. The van der Waals surface area contributed by atoms with E-state index in [1.54, 1.807) is 11.9 Å². The van der Waals surface area contributed by atoms with Crippen LogP contribution in [0.3, 0.4) is 0 Å². The summed E-state index contributed by atoms with van der Waals surface area (Å²) in [4.78, 5) is 16.7. The number of H-pyrrole nitrogens is 1. The third-order valence-electron chi connectivity index (χ3n) is 3.06. The Morgan fingerprint density at radius 3 is 2.94 bits per heavy atom. The number of fused-ring (bicyclic) bond motifs is 1. The van der Waals surface area contributed by atoms with Crippen LogP contribution in [-0.4, -0.2) is 34.6 Å². The van der Waals surface area contributed by atoms with Gasteiger partial charge in [-0.1, -0.05) is 18.2 Å². The second kappa shape index (κ2) is 5.69. The van der Waals surface area contributed by atoms with Gasteiger partial charge in [-0.15, -0.1) is 0 Å². The molecule has 0 aliphatic heterocycles. The molecule has 4 heteroatoms. The van der Waals surface area contributed by atoms with Crippen LogP contribution in [0, 0.1) is 0 Å². The Morgan fingerprint density at radius 1 is 1.39 bits per heavy atom. The van der Waals surface area contributed by atoms with E-state index in [0.29, 0.717) is 19.4 Å². The number of hydrogen-bond donors (Lipinski definition) is 2. The Bertz CT molecular complexity index is 533. The minimum Gasteiger partial charge on any atom is -0.396 e. The fraction of sp³-hybridized carbons (Fsp3) is 0.357. The smallest absolute Gasteiger partial charge is 0.222 e. The predicted molar refractivity (Wildman–Crippen MR) is 71.1 cm³/mol. The predicted octanol–water partition coefficient (Wildman–Crippen LogP) is 1.90. The van der Waals surface area contributed by atoms with E-state index in [0.717, 1.165) is 16.5 Å². The van der Waals surface area contributed by atoms with Crippen molar-refractivity contribution in [2.45, 2.75) is 19.4 Å². The standard InChI is InChI=1S/C14H18N2O2/c1-16(14(18)7-4-8-17)10-11-9-15-13-6-3-2-5-12(11)13/h2-3,5-6,9,15,17H,4,7-8,10H2,1H3. The van der Waals surface area contributed by atoms with Crippen molar-refractivity contribution >= 4 is 16.8 Å². The fourth-order valence-corrected chi connectivity index (χ4v) is 2.03.